The van der Waals surface area contributed by atoms with Gasteiger partial charge in [0.25, 0.3) is 0 Å². The van der Waals surface area contributed by atoms with Crippen LogP contribution < -0.4 is 5.43 Å². The topological polar surface area (TPSA) is 18.5 Å². The molecule has 0 saturated carbocycles. The van der Waals surface area contributed by atoms with Crippen LogP contribution in [0.3, 0.4) is 0 Å². The minimum Gasteiger partial charge on any atom is -0.284 e. The largest absolute Gasteiger partial charge is 0.284 e. The number of fused-ring (bicyclic) bond motifs is 1. The van der Waals surface area contributed by atoms with Crippen LogP contribution in [0.1, 0.15) is 0 Å². The molecule has 0 aliphatic carbocycles. The summed E-state index contributed by atoms with van der Waals surface area (Å²) >= 11 is 9.13. The van der Waals surface area contributed by atoms with E-state index in [0.717, 1.165) is 4.61 Å². The average Bonchev–Trinajstić information content (AvgIpc) is 2.33. The summed E-state index contributed by atoms with van der Waals surface area (Å²) in [6.07, 6.45) is 7.29. The SMILES string of the molecule is ClC1=CN2C(Br)=CNN2C=C1. The standard InChI is InChI=1S/C6H5BrClN3/c7-6-3-9-11-2-1-5(8)4-10(6)11/h1-4,9H. The van der Waals surface area contributed by atoms with Crippen LogP contribution in [0.25, 0.3) is 0 Å². The third kappa shape index (κ3) is 1.12. The molecule has 58 valence electrons. The molecule has 3 nitrogen and oxygen atoms in total. The summed E-state index contributed by atoms with van der Waals surface area (Å²) in [6.45, 7) is 0. The number of hydrazine groups is 2. The summed E-state index contributed by atoms with van der Waals surface area (Å²) in [6, 6.07) is 0. The van der Waals surface area contributed by atoms with Crippen molar-refractivity contribution in [1.29, 1.82) is 0 Å². The summed E-state index contributed by atoms with van der Waals surface area (Å²) in [4.78, 5) is 0. The van der Waals surface area contributed by atoms with Gasteiger partial charge in [0.2, 0.25) is 0 Å². The van der Waals surface area contributed by atoms with Crippen molar-refractivity contribution >= 4 is 27.5 Å². The second kappa shape index (κ2) is 2.46. The van der Waals surface area contributed by atoms with Gasteiger partial charge in [0.05, 0.1) is 11.2 Å². The third-order valence-corrected chi connectivity index (χ3v) is 2.20. The lowest BCUT2D eigenvalue weighted by atomic mass is 10.5. The maximum absolute atomic E-state index is 5.78. The van der Waals surface area contributed by atoms with Crippen molar-refractivity contribution < 1.29 is 0 Å². The molecule has 2 rings (SSSR count). The average molecular weight is 234 g/mol. The third-order valence-electron chi connectivity index (χ3n) is 1.39. The Bertz CT molecular complexity index is 271. The van der Waals surface area contributed by atoms with E-state index < -0.39 is 0 Å². The van der Waals surface area contributed by atoms with Gasteiger partial charge in [-0.05, 0) is 22.0 Å². The van der Waals surface area contributed by atoms with Crippen molar-refractivity contribution in [2.75, 3.05) is 0 Å². The zero-order valence-corrected chi connectivity index (χ0v) is 7.80. The Kier molecular flexibility index (Phi) is 1.58. The minimum absolute atomic E-state index is 0.704. The number of nitrogens with zero attached hydrogens (tertiary/aromatic N) is 2. The summed E-state index contributed by atoms with van der Waals surface area (Å²) in [7, 11) is 0. The molecule has 0 spiro atoms. The fraction of sp³-hybridized carbons (Fsp3) is 0. The lowest BCUT2D eigenvalue weighted by Gasteiger charge is -2.27. The van der Waals surface area contributed by atoms with E-state index in [1.54, 1.807) is 5.12 Å². The van der Waals surface area contributed by atoms with Crippen LogP contribution in [0.2, 0.25) is 0 Å². The predicted octanol–water partition coefficient (Wildman–Crippen LogP) is 1.82. The van der Waals surface area contributed by atoms with Gasteiger partial charge in [-0.15, -0.1) is 0 Å². The molecule has 0 aromatic heterocycles. The van der Waals surface area contributed by atoms with Crippen molar-refractivity contribution in [3.05, 3.63) is 34.3 Å². The van der Waals surface area contributed by atoms with Gasteiger partial charge in [0.15, 0.2) is 0 Å². The molecule has 11 heavy (non-hydrogen) atoms. The first-order valence-electron chi connectivity index (χ1n) is 3.03. The summed E-state index contributed by atoms with van der Waals surface area (Å²) in [5.74, 6) is 0. The highest BCUT2D eigenvalue weighted by Gasteiger charge is 2.19. The van der Waals surface area contributed by atoms with E-state index in [1.807, 2.05) is 29.7 Å². The smallest absolute Gasteiger partial charge is 0.125 e. The van der Waals surface area contributed by atoms with Gasteiger partial charge < -0.3 is 0 Å². The van der Waals surface area contributed by atoms with Crippen molar-refractivity contribution in [2.45, 2.75) is 0 Å². The first kappa shape index (κ1) is 7.06. The zero-order chi connectivity index (χ0) is 7.84. The second-order valence-corrected chi connectivity index (χ2v) is 3.36. The molecule has 2 aliphatic rings. The lowest BCUT2D eigenvalue weighted by molar-refractivity contribution is 0.111. The second-order valence-electron chi connectivity index (χ2n) is 2.12. The van der Waals surface area contributed by atoms with E-state index in [-0.39, 0.29) is 0 Å². The number of rotatable bonds is 0. The highest BCUT2D eigenvalue weighted by atomic mass is 79.9. The summed E-state index contributed by atoms with van der Waals surface area (Å²) < 4.78 is 0.931. The fourth-order valence-electron chi connectivity index (χ4n) is 0.891. The Morgan fingerprint density at radius 1 is 1.55 bits per heavy atom. The Balaban J connectivity index is 2.29. The Morgan fingerprint density at radius 2 is 2.36 bits per heavy atom. The van der Waals surface area contributed by atoms with Crippen molar-refractivity contribution in [2.24, 2.45) is 0 Å². The molecule has 0 saturated heterocycles. The van der Waals surface area contributed by atoms with Crippen LogP contribution in [0, 0.1) is 0 Å². The first-order chi connectivity index (χ1) is 5.27. The van der Waals surface area contributed by atoms with Gasteiger partial charge in [0, 0.05) is 12.4 Å². The van der Waals surface area contributed by atoms with Crippen LogP contribution in [0.5, 0.6) is 0 Å². The van der Waals surface area contributed by atoms with Crippen molar-refractivity contribution in [3.63, 3.8) is 0 Å². The molecule has 0 fully saturated rings. The van der Waals surface area contributed by atoms with E-state index in [4.69, 9.17) is 11.6 Å². The van der Waals surface area contributed by atoms with Crippen LogP contribution in [0.4, 0.5) is 0 Å². The van der Waals surface area contributed by atoms with Gasteiger partial charge in [-0.2, -0.15) is 5.12 Å². The van der Waals surface area contributed by atoms with Crippen LogP contribution >= 0.6 is 27.5 Å². The molecular weight excluding hydrogens is 229 g/mol. The quantitative estimate of drug-likeness (QED) is 0.645. The van der Waals surface area contributed by atoms with E-state index in [9.17, 15) is 0 Å². The van der Waals surface area contributed by atoms with Crippen LogP contribution in [-0.4, -0.2) is 10.1 Å². The maximum Gasteiger partial charge on any atom is 0.125 e. The maximum atomic E-state index is 5.78. The summed E-state index contributed by atoms with van der Waals surface area (Å²) in [5, 5.41) is 4.36. The molecule has 0 atom stereocenters. The van der Waals surface area contributed by atoms with Crippen LogP contribution in [0.15, 0.2) is 34.3 Å². The molecule has 2 aliphatic heterocycles. The number of halogens is 2. The van der Waals surface area contributed by atoms with E-state index in [2.05, 4.69) is 21.4 Å². The van der Waals surface area contributed by atoms with E-state index in [0.29, 0.717) is 5.03 Å². The van der Waals surface area contributed by atoms with Crippen molar-refractivity contribution in [1.82, 2.24) is 15.6 Å². The normalized spacial score (nSPS) is 20.9. The van der Waals surface area contributed by atoms with Gasteiger partial charge in [0.1, 0.15) is 4.61 Å². The zero-order valence-electron chi connectivity index (χ0n) is 5.46. The molecule has 0 unspecified atom stereocenters. The molecule has 1 N–H and O–H groups in total. The molecule has 0 radical (unpaired) electrons. The molecule has 0 bridgehead atoms. The molecular formula is C6H5BrClN3. The van der Waals surface area contributed by atoms with Crippen molar-refractivity contribution in [3.8, 4) is 0 Å². The number of hydrogen-bond acceptors (Lipinski definition) is 3. The molecule has 2 heterocycles. The summed E-state index contributed by atoms with van der Waals surface area (Å²) in [5.41, 5.74) is 2.99. The predicted molar refractivity (Wildman–Crippen MR) is 46.9 cm³/mol. The van der Waals surface area contributed by atoms with Gasteiger partial charge in [-0.25, -0.2) is 5.01 Å². The van der Waals surface area contributed by atoms with Gasteiger partial charge in [-0.3, -0.25) is 5.43 Å². The van der Waals surface area contributed by atoms with Gasteiger partial charge in [-0.1, -0.05) is 11.6 Å². The Hall–Kier alpha value is -0.610. The first-order valence-corrected chi connectivity index (χ1v) is 4.20. The Labute approximate surface area is 77.7 Å². The number of hydrogen-bond donors (Lipinski definition) is 1. The van der Waals surface area contributed by atoms with E-state index >= 15 is 0 Å². The highest BCUT2D eigenvalue weighted by Crippen LogP contribution is 2.24. The molecule has 0 aromatic rings. The van der Waals surface area contributed by atoms with E-state index in [1.165, 1.54) is 0 Å². The lowest BCUT2D eigenvalue weighted by Crippen LogP contribution is -2.35. The minimum atomic E-state index is 0.704. The Morgan fingerprint density at radius 3 is 3.18 bits per heavy atom. The van der Waals surface area contributed by atoms with Crippen LogP contribution in [-0.2, 0) is 0 Å². The number of allylic oxidation sites excluding steroid dienone is 2. The highest BCUT2D eigenvalue weighted by molar-refractivity contribution is 9.11. The monoisotopic (exact) mass is 233 g/mol. The molecule has 5 heteroatoms. The number of nitrogens with one attached hydrogen (secondary N) is 1. The molecule has 0 amide bonds. The van der Waals surface area contributed by atoms with Gasteiger partial charge >= 0.3 is 0 Å². The fourth-order valence-corrected chi connectivity index (χ4v) is 1.42. The molecule has 0 aromatic carbocycles.